The number of alkyl halides is 2. The number of ether oxygens (including phenoxy) is 1. The molecule has 0 N–H and O–H groups in total. The fraction of sp³-hybridized carbons (Fsp3) is 0.167. The zero-order valence-corrected chi connectivity index (χ0v) is 14.5. The number of halogens is 2. The topological polar surface area (TPSA) is 21.6 Å². The third-order valence-corrected chi connectivity index (χ3v) is 8.09. The zero-order chi connectivity index (χ0) is 15.5. The second-order valence-electron chi connectivity index (χ2n) is 5.00. The van der Waals surface area contributed by atoms with Gasteiger partial charge in [-0.25, -0.2) is 0 Å². The Balaban J connectivity index is 1.90. The summed E-state index contributed by atoms with van der Waals surface area (Å²) in [5.41, 5.74) is 2.15. The summed E-state index contributed by atoms with van der Waals surface area (Å²) < 4.78 is 23.0. The molecule has 0 atom stereocenters. The molecule has 22 heavy (non-hydrogen) atoms. The number of hydrogen-bond acceptors (Lipinski definition) is 2. The molecule has 0 unspecified atom stereocenters. The number of hydrogen-bond donors (Lipinski definition) is 0. The van der Waals surface area contributed by atoms with Crippen molar-refractivity contribution < 1.29 is 9.13 Å². The van der Waals surface area contributed by atoms with E-state index >= 15 is 0 Å². The maximum absolute atomic E-state index is 13.5. The molecule has 1 heterocycles. The van der Waals surface area contributed by atoms with Gasteiger partial charge >= 0.3 is 136 Å². The number of benzene rings is 2. The van der Waals surface area contributed by atoms with Gasteiger partial charge in [0.05, 0.1) is 0 Å². The average molecular weight is 409 g/mol. The van der Waals surface area contributed by atoms with Crippen molar-refractivity contribution in [2.45, 2.75) is 4.43 Å². The minimum absolute atomic E-state index is 0.247. The summed E-state index contributed by atoms with van der Waals surface area (Å²) in [4.78, 5) is 4.60. The molecule has 3 rings (SSSR count). The Labute approximate surface area is 136 Å². The van der Waals surface area contributed by atoms with Crippen LogP contribution in [0.15, 0.2) is 48.0 Å². The first-order chi connectivity index (χ1) is 10.7. The standard InChI is InChI=1S/C18H17FINO/c1-3-14-8-15(19)9-18-17(14)11-20(12-21-18)10-13-4-6-16(22-2)7-5-13/h3-9,11H,1,10,12H2,2H3. The first-order valence-electron chi connectivity index (χ1n) is 6.91. The Kier molecular flexibility index (Phi) is 4.57. The van der Waals surface area contributed by atoms with Crippen LogP contribution in [0.4, 0.5) is 4.39 Å². The molecule has 0 saturated carbocycles. The Morgan fingerprint density at radius 1 is 1.32 bits per heavy atom. The second kappa shape index (κ2) is 6.60. The summed E-state index contributed by atoms with van der Waals surface area (Å²) in [6.07, 6.45) is 1.71. The molecular weight excluding hydrogens is 392 g/mol. The van der Waals surface area contributed by atoms with Gasteiger partial charge in [0.25, 0.3) is 0 Å². The molecule has 2 nitrogen and oxygen atoms in total. The first-order valence-corrected chi connectivity index (χ1v) is 11.2. The van der Waals surface area contributed by atoms with Crippen molar-refractivity contribution in [2.75, 3.05) is 11.7 Å². The molecular formula is C18H17FINO. The third-order valence-electron chi connectivity index (χ3n) is 3.51. The van der Waals surface area contributed by atoms with E-state index in [2.05, 4.69) is 27.8 Å². The molecule has 0 bridgehead atoms. The summed E-state index contributed by atoms with van der Waals surface area (Å²) in [5, 5.41) is 1.82. The number of nitrogens with zero attached hydrogens (tertiary/aromatic N) is 1. The van der Waals surface area contributed by atoms with Gasteiger partial charge in [0.15, 0.2) is 0 Å². The van der Waals surface area contributed by atoms with E-state index in [0.717, 1.165) is 30.9 Å². The van der Waals surface area contributed by atoms with Crippen LogP contribution in [0.3, 0.4) is 0 Å². The molecule has 0 radical (unpaired) electrons. The van der Waals surface area contributed by atoms with Crippen molar-refractivity contribution in [3.63, 3.8) is 0 Å². The number of fused-ring (bicyclic) bond motifs is 1. The maximum atomic E-state index is 13.5. The quantitative estimate of drug-likeness (QED) is 0.430. The van der Waals surface area contributed by atoms with Crippen molar-refractivity contribution in [2.24, 2.45) is 4.99 Å². The zero-order valence-electron chi connectivity index (χ0n) is 12.4. The molecule has 2 aromatic carbocycles. The Bertz CT molecular complexity index is 814. The van der Waals surface area contributed by atoms with E-state index in [4.69, 9.17) is 4.74 Å². The summed E-state index contributed by atoms with van der Waals surface area (Å²) in [7, 11) is 1.67. The van der Waals surface area contributed by atoms with Gasteiger partial charge in [-0.15, -0.1) is 0 Å². The van der Waals surface area contributed by atoms with Gasteiger partial charge in [-0.05, 0) is 0 Å². The first kappa shape index (κ1) is 15.2. The van der Waals surface area contributed by atoms with Crippen LogP contribution in [0.2, 0.25) is 0 Å². The Morgan fingerprint density at radius 2 is 2.09 bits per heavy atom. The molecule has 0 fully saturated rings. The van der Waals surface area contributed by atoms with E-state index < -0.39 is 19.8 Å². The average Bonchev–Trinajstić information content (AvgIpc) is 2.55. The molecule has 0 aromatic heterocycles. The molecule has 0 spiro atoms. The number of methoxy groups -OCH3 is 1. The molecule has 0 amide bonds. The van der Waals surface area contributed by atoms with Gasteiger partial charge in [-0.2, -0.15) is 0 Å². The van der Waals surface area contributed by atoms with E-state index in [1.165, 1.54) is 17.7 Å². The second-order valence-corrected chi connectivity index (χ2v) is 9.91. The Hall–Kier alpha value is -1.69. The fourth-order valence-electron chi connectivity index (χ4n) is 2.37. The van der Waals surface area contributed by atoms with Crippen LogP contribution in [0.1, 0.15) is 11.1 Å². The summed E-state index contributed by atoms with van der Waals surface area (Å²) in [6, 6.07) is 11.2. The predicted octanol–water partition coefficient (Wildman–Crippen LogP) is 3.51. The molecule has 114 valence electrons. The van der Waals surface area contributed by atoms with E-state index in [1.807, 2.05) is 12.1 Å². The van der Waals surface area contributed by atoms with E-state index in [-0.39, 0.29) is 5.82 Å². The normalized spacial score (nSPS) is 14.5. The van der Waals surface area contributed by atoms with E-state index in [0.29, 0.717) is 0 Å². The van der Waals surface area contributed by atoms with Crippen molar-refractivity contribution in [3.05, 3.63) is 70.5 Å². The molecule has 0 aliphatic carbocycles. The van der Waals surface area contributed by atoms with E-state index in [9.17, 15) is 4.39 Å². The fourth-order valence-corrected chi connectivity index (χ4v) is 7.03. The van der Waals surface area contributed by atoms with Crippen molar-refractivity contribution in [1.29, 1.82) is 0 Å². The van der Waals surface area contributed by atoms with Gasteiger partial charge < -0.3 is 0 Å². The van der Waals surface area contributed by atoms with Crippen LogP contribution in [0, 0.1) is 5.82 Å². The third kappa shape index (κ3) is 3.21. The minimum atomic E-state index is -1.36. The monoisotopic (exact) mass is 409 g/mol. The number of rotatable bonds is 4. The molecule has 0 saturated heterocycles. The van der Waals surface area contributed by atoms with E-state index in [1.54, 1.807) is 13.2 Å². The summed E-state index contributed by atoms with van der Waals surface area (Å²) >= 11 is -1.36. The van der Waals surface area contributed by atoms with Gasteiger partial charge in [0.2, 0.25) is 0 Å². The van der Waals surface area contributed by atoms with Gasteiger partial charge in [0, 0.05) is 0 Å². The van der Waals surface area contributed by atoms with Crippen LogP contribution in [0.5, 0.6) is 5.75 Å². The molecule has 2 aromatic rings. The van der Waals surface area contributed by atoms with Gasteiger partial charge in [-0.3, -0.25) is 0 Å². The van der Waals surface area contributed by atoms with Crippen LogP contribution in [-0.4, -0.2) is 11.7 Å². The van der Waals surface area contributed by atoms with Crippen molar-refractivity contribution in [3.8, 4) is 5.75 Å². The summed E-state index contributed by atoms with van der Waals surface area (Å²) in [5.74, 6) is 0.628. The van der Waals surface area contributed by atoms with Gasteiger partial charge in [-0.1, -0.05) is 0 Å². The van der Waals surface area contributed by atoms with Crippen LogP contribution in [0.25, 0.3) is 10.2 Å². The van der Waals surface area contributed by atoms with Crippen molar-refractivity contribution in [1.82, 2.24) is 0 Å². The molecule has 4 heteroatoms. The van der Waals surface area contributed by atoms with Gasteiger partial charge in [0.1, 0.15) is 0 Å². The molecule has 1 aliphatic heterocycles. The predicted molar refractivity (Wildman–Crippen MR) is 97.3 cm³/mol. The van der Waals surface area contributed by atoms with Crippen LogP contribution >= 0.6 is 19.8 Å². The SMILES string of the molecule is C=Cc1cc(F)cc2c1=CI(Cc1ccc(OC)cc1)CN=2. The molecule has 1 aliphatic rings. The Morgan fingerprint density at radius 3 is 2.77 bits per heavy atom. The van der Waals surface area contributed by atoms with Crippen LogP contribution in [-0.2, 0) is 4.43 Å². The van der Waals surface area contributed by atoms with Crippen LogP contribution < -0.4 is 15.3 Å². The summed E-state index contributed by atoms with van der Waals surface area (Å²) in [6.45, 7) is 3.78. The van der Waals surface area contributed by atoms with Crippen molar-refractivity contribution >= 4 is 30.0 Å².